The van der Waals surface area contributed by atoms with Crippen LogP contribution in [0.4, 0.5) is 0 Å². The van der Waals surface area contributed by atoms with Crippen molar-refractivity contribution in [1.82, 2.24) is 0 Å². The van der Waals surface area contributed by atoms with Crippen LogP contribution in [0.25, 0.3) is 0 Å². The molecule has 0 N–H and O–H groups in total. The molecule has 0 saturated carbocycles. The maximum absolute atomic E-state index is 11.3. The fraction of sp³-hybridized carbons (Fsp3) is 0.717. The molecule has 0 radical (unpaired) electrons. The average molecular weight is 1260 g/mol. The molecule has 0 bridgehead atoms. The van der Waals surface area contributed by atoms with E-state index in [0.29, 0.717) is 60.0 Å². The number of nitrogens with zero attached hydrogens (tertiary/aromatic N) is 5. The summed E-state index contributed by atoms with van der Waals surface area (Å²) in [6.45, 7) is 40.7. The number of unbranched alkanes of at least 4 members (excludes halogenated alkanes) is 8. The van der Waals surface area contributed by atoms with Gasteiger partial charge in [-0.05, 0) is 133 Å². The number of Topliss-reactive ketones (excluding diaryl/α,β-unsaturated/α-hetero) is 5. The van der Waals surface area contributed by atoms with E-state index in [1.807, 2.05) is 6.08 Å². The Balaban J connectivity index is -0.0000000871. The number of carbonyl (C=O) groups excluding carboxylic acids is 5. The maximum Gasteiger partial charge on any atom is 0.163 e. The second-order valence-corrected chi connectivity index (χ2v) is 24.2. The molecule has 15 heteroatoms. The molecule has 0 unspecified atom stereocenters. The first-order chi connectivity index (χ1) is 31.8. The lowest BCUT2D eigenvalue weighted by Gasteiger charge is -2.28. The van der Waals surface area contributed by atoms with Crippen molar-refractivity contribution in [2.45, 2.75) is 151 Å². The van der Waals surface area contributed by atoms with Crippen molar-refractivity contribution in [2.24, 2.45) is 0 Å². The van der Waals surface area contributed by atoms with Crippen LogP contribution in [-0.2, 0) is 24.0 Å². The smallest absolute Gasteiger partial charge is 0.163 e. The number of allylic oxidation sites excluding steroid dienone is 5. The lowest BCUT2D eigenvalue weighted by atomic mass is 10.0. The van der Waals surface area contributed by atoms with E-state index >= 15 is 0 Å². The maximum atomic E-state index is 11.3. The Morgan fingerprint density at radius 3 is 0.813 bits per heavy atom. The first-order valence-electron chi connectivity index (χ1n) is 26.4. The standard InChI is InChI=1S/C15H30NO.C13H24NO.C12H24NO.C11H22NO.C9H18NO.2BrH.3ClH/c1-14(2)15(17)12-10-8-6-7-9-11-13-16(3,4)5;1-6-10-14(4,5)11-8-7-9-13(15)12(2)3;1-6-13(4,5)10-8-7-9-12(14)11(2)3;1-10(2)11(13)8-6-7-9-12(3,4)5;1-8(2)9(11)6-7-10(3,4)5;;;;;/h1,6-13H2,2-5H3;6H,1-2,7-11H2,3-5H3;2,6-10H2,1,3-5H3;1,6-9H2,2-5H3;1,6-7H2,2-5H3;5*1H/q5*+1;;;;;/p-4. The molecule has 0 heterocycles. The molecule has 0 amide bonds. The van der Waals surface area contributed by atoms with Gasteiger partial charge >= 0.3 is 0 Å². The highest BCUT2D eigenvalue weighted by atomic mass is 79.9. The molecule has 0 spiro atoms. The van der Waals surface area contributed by atoms with Crippen molar-refractivity contribution in [2.75, 3.05) is 137 Å². The van der Waals surface area contributed by atoms with Crippen molar-refractivity contribution in [3.63, 3.8) is 0 Å². The first-order valence-corrected chi connectivity index (χ1v) is 26.4. The predicted octanol–water partition coefficient (Wildman–Crippen LogP) is 0.205. The van der Waals surface area contributed by atoms with E-state index in [0.717, 1.165) is 107 Å². The molecule has 448 valence electrons. The normalized spacial score (nSPS) is 10.6. The minimum Gasteiger partial charge on any atom is -1.00 e. The zero-order chi connectivity index (χ0) is 56.0. The predicted molar refractivity (Wildman–Crippen MR) is 313 cm³/mol. The molecular formula is C60H119Br2Cl3N5O5+. The van der Waals surface area contributed by atoms with Gasteiger partial charge in [-0.2, -0.15) is 0 Å². The van der Waals surface area contributed by atoms with Gasteiger partial charge in [0, 0.05) is 25.7 Å². The van der Waals surface area contributed by atoms with E-state index in [9.17, 15) is 24.0 Å². The number of likely N-dealkylation sites (N-methyl/N-ethyl adjacent to an activating group) is 1. The average Bonchev–Trinajstić information content (AvgIpc) is 3.22. The summed E-state index contributed by atoms with van der Waals surface area (Å²) in [4.78, 5) is 56.0. The van der Waals surface area contributed by atoms with Crippen molar-refractivity contribution in [3.8, 4) is 0 Å². The van der Waals surface area contributed by atoms with Crippen LogP contribution in [0.1, 0.15) is 151 Å². The number of ketones is 5. The number of halogens is 5. The van der Waals surface area contributed by atoms with E-state index in [4.69, 9.17) is 0 Å². The fourth-order valence-corrected chi connectivity index (χ4v) is 6.20. The van der Waals surface area contributed by atoms with Gasteiger partial charge in [-0.1, -0.05) is 58.7 Å². The van der Waals surface area contributed by atoms with Crippen molar-refractivity contribution >= 4 is 41.3 Å². The zero-order valence-corrected chi connectivity index (χ0v) is 57.5. The molecule has 0 aliphatic heterocycles. The third-order valence-corrected chi connectivity index (χ3v) is 11.7. The number of quaternary nitrogens is 5. The Kier molecular flexibility index (Phi) is 67.8. The fourth-order valence-electron chi connectivity index (χ4n) is 6.20. The summed E-state index contributed by atoms with van der Waals surface area (Å²) in [5.74, 6) is 1.03. The van der Waals surface area contributed by atoms with E-state index in [-0.39, 0.29) is 100 Å². The Bertz CT molecular complexity index is 1610. The highest BCUT2D eigenvalue weighted by Gasteiger charge is 2.14. The molecular weight excluding hydrogens is 1140 g/mol. The van der Waals surface area contributed by atoms with Crippen LogP contribution < -0.4 is 58.8 Å². The molecule has 10 nitrogen and oxygen atoms in total. The zero-order valence-electron chi connectivity index (χ0n) is 52.0. The summed E-state index contributed by atoms with van der Waals surface area (Å²) in [5.41, 5.74) is 3.42. The topological polar surface area (TPSA) is 85.3 Å². The van der Waals surface area contributed by atoms with Gasteiger partial charge in [0.15, 0.2) is 28.9 Å². The van der Waals surface area contributed by atoms with Crippen LogP contribution in [0.3, 0.4) is 0 Å². The second-order valence-electron chi connectivity index (χ2n) is 24.2. The first kappa shape index (κ1) is 95.7. The van der Waals surface area contributed by atoms with Gasteiger partial charge in [0.1, 0.15) is 0 Å². The monoisotopic (exact) mass is 1250 g/mol. The largest absolute Gasteiger partial charge is 1.00 e. The summed E-state index contributed by atoms with van der Waals surface area (Å²) in [6.07, 6.45) is 18.9. The van der Waals surface area contributed by atoms with Crippen LogP contribution in [0.2, 0.25) is 0 Å². The second kappa shape index (κ2) is 53.1. The molecule has 0 fully saturated rings. The number of rotatable bonds is 35. The summed E-state index contributed by atoms with van der Waals surface area (Å²) < 4.78 is 4.86. The van der Waals surface area contributed by atoms with E-state index in [2.05, 4.69) is 138 Å². The van der Waals surface area contributed by atoms with Crippen LogP contribution in [-0.4, -0.2) is 189 Å². The molecule has 0 aromatic rings. The summed E-state index contributed by atoms with van der Waals surface area (Å²) in [7, 11) is 28.3. The third kappa shape index (κ3) is 79.0. The Hall–Kier alpha value is -1.58. The third-order valence-electron chi connectivity index (χ3n) is 11.7. The van der Waals surface area contributed by atoms with Gasteiger partial charge in [-0.15, -0.1) is 12.4 Å². The molecule has 0 aliphatic carbocycles. The van der Waals surface area contributed by atoms with Gasteiger partial charge in [0.25, 0.3) is 0 Å². The van der Waals surface area contributed by atoms with Gasteiger partial charge in [-0.25, -0.2) is 0 Å². The molecule has 75 heavy (non-hydrogen) atoms. The SMILES string of the molecule is C=C(C)C(=O)CCCCCCCC[N+](C)(C)C.C=C(C)C(=O)CCCC[N+](C)(C)C.C=C(C)C(=O)CCCC[N+](C)(C)CC.C=C(C)C(=O)CC[N+](C)(C)C.C=CC[N+](C)(C)CCCCC(=O)C(=C)C.Cl.[Br-].[Br-].[Cl-].[Cl-]. The molecule has 0 aromatic carbocycles. The Labute approximate surface area is 504 Å². The quantitative estimate of drug-likeness (QED) is 0.0393. The van der Waals surface area contributed by atoms with E-state index in [1.54, 1.807) is 34.6 Å². The summed E-state index contributed by atoms with van der Waals surface area (Å²) >= 11 is 0. The molecule has 0 atom stereocenters. The number of carbonyl (C=O) groups is 5. The highest BCUT2D eigenvalue weighted by Crippen LogP contribution is 2.11. The van der Waals surface area contributed by atoms with E-state index in [1.165, 1.54) is 38.6 Å². The van der Waals surface area contributed by atoms with Gasteiger partial charge < -0.3 is 81.2 Å². The number of hydrogen-bond donors (Lipinski definition) is 0. The molecule has 0 aliphatic rings. The summed E-state index contributed by atoms with van der Waals surface area (Å²) in [5, 5.41) is 0. The minimum absolute atomic E-state index is 0. The van der Waals surface area contributed by atoms with Gasteiger partial charge in [0.05, 0.1) is 144 Å². The van der Waals surface area contributed by atoms with Crippen LogP contribution in [0.15, 0.2) is 73.4 Å². The van der Waals surface area contributed by atoms with E-state index < -0.39 is 0 Å². The van der Waals surface area contributed by atoms with Crippen molar-refractivity contribution in [1.29, 1.82) is 0 Å². The van der Waals surface area contributed by atoms with Crippen molar-refractivity contribution in [3.05, 3.63) is 73.4 Å². The highest BCUT2D eigenvalue weighted by molar-refractivity contribution is 5.95. The Morgan fingerprint density at radius 1 is 0.347 bits per heavy atom. The lowest BCUT2D eigenvalue weighted by Crippen LogP contribution is -3.00. The minimum atomic E-state index is 0. The van der Waals surface area contributed by atoms with Crippen molar-refractivity contribution < 1.29 is 105 Å². The lowest BCUT2D eigenvalue weighted by molar-refractivity contribution is -0.888. The van der Waals surface area contributed by atoms with Gasteiger partial charge in [0.2, 0.25) is 0 Å². The van der Waals surface area contributed by atoms with Crippen LogP contribution in [0.5, 0.6) is 0 Å². The van der Waals surface area contributed by atoms with Gasteiger partial charge in [-0.3, -0.25) is 24.0 Å². The summed E-state index contributed by atoms with van der Waals surface area (Å²) in [6, 6.07) is 0. The molecule has 0 rings (SSSR count). The molecule has 0 aromatic heterocycles. The van der Waals surface area contributed by atoms with Crippen LogP contribution >= 0.6 is 12.4 Å². The number of hydrogen-bond acceptors (Lipinski definition) is 5. The van der Waals surface area contributed by atoms with Crippen LogP contribution in [0, 0.1) is 0 Å². The molecule has 0 saturated heterocycles. The Morgan fingerprint density at radius 2 is 0.560 bits per heavy atom.